The summed E-state index contributed by atoms with van der Waals surface area (Å²) >= 11 is 0. The van der Waals surface area contributed by atoms with Crippen LogP contribution in [0.2, 0.25) is 0 Å². The van der Waals surface area contributed by atoms with E-state index in [1.54, 1.807) is 0 Å². The number of rotatable bonds is 4. The van der Waals surface area contributed by atoms with Crippen molar-refractivity contribution in [2.45, 2.75) is 56.8 Å². The summed E-state index contributed by atoms with van der Waals surface area (Å²) in [4.78, 5) is 21.2. The summed E-state index contributed by atoms with van der Waals surface area (Å²) in [5.41, 5.74) is 3.95. The van der Waals surface area contributed by atoms with E-state index >= 15 is 0 Å². The largest absolute Gasteiger partial charge is 0.490 e. The lowest BCUT2D eigenvalue weighted by atomic mass is 9.89. The average Bonchev–Trinajstić information content (AvgIpc) is 3.02. The highest BCUT2D eigenvalue weighted by molar-refractivity contribution is 5.81. The van der Waals surface area contributed by atoms with Gasteiger partial charge in [-0.05, 0) is 55.3 Å². The summed E-state index contributed by atoms with van der Waals surface area (Å²) in [7, 11) is 0. The van der Waals surface area contributed by atoms with Crippen molar-refractivity contribution < 1.29 is 32.6 Å². The Morgan fingerprint density at radius 1 is 1.26 bits per heavy atom. The molecule has 0 spiro atoms. The Balaban J connectivity index is 0.000000423. The monoisotopic (exact) mass is 441 g/mol. The Hall–Kier alpha value is -2.64. The van der Waals surface area contributed by atoms with Crippen LogP contribution in [0.15, 0.2) is 18.2 Å². The van der Waals surface area contributed by atoms with Crippen molar-refractivity contribution in [3.8, 4) is 6.07 Å². The number of carboxylic acid groups (broad SMARTS) is 1. The lowest BCUT2D eigenvalue weighted by Gasteiger charge is -2.19. The van der Waals surface area contributed by atoms with E-state index in [-0.39, 0.29) is 5.91 Å². The normalized spacial score (nSPS) is 19.5. The molecule has 0 radical (unpaired) electrons. The van der Waals surface area contributed by atoms with Gasteiger partial charge in [0.25, 0.3) is 5.91 Å². The van der Waals surface area contributed by atoms with Crippen LogP contribution in [0.5, 0.6) is 0 Å². The third-order valence-electron chi connectivity index (χ3n) is 5.01. The molecule has 1 aliphatic carbocycles. The molecule has 1 saturated heterocycles. The molecule has 2 aliphatic rings. The number of nitriles is 1. The smallest absolute Gasteiger partial charge is 0.475 e. The number of aryl methyl sites for hydroxylation is 2. The Labute approximate surface area is 178 Å². The number of hydrogen-bond donors (Lipinski definition) is 3. The molecule has 1 fully saturated rings. The molecule has 1 aromatic carbocycles. The minimum Gasteiger partial charge on any atom is -0.475 e. The molecule has 1 aliphatic heterocycles. The van der Waals surface area contributed by atoms with Crippen LogP contribution in [0.25, 0.3) is 0 Å². The Bertz CT molecular complexity index is 800. The number of fused-ring (bicyclic) bond motifs is 1. The van der Waals surface area contributed by atoms with Crippen LogP contribution in [-0.2, 0) is 33.6 Å². The Morgan fingerprint density at radius 3 is 2.58 bits per heavy atom. The van der Waals surface area contributed by atoms with E-state index in [4.69, 9.17) is 14.6 Å². The van der Waals surface area contributed by atoms with Gasteiger partial charge < -0.3 is 20.5 Å². The van der Waals surface area contributed by atoms with Gasteiger partial charge in [-0.2, -0.15) is 18.4 Å². The number of nitrogens with zero attached hydrogens (tertiary/aromatic N) is 1. The first kappa shape index (κ1) is 24.6. The Morgan fingerprint density at radius 2 is 1.94 bits per heavy atom. The molecule has 170 valence electrons. The number of ether oxygens (including phenoxy) is 1. The van der Waals surface area contributed by atoms with Crippen LogP contribution in [0.4, 0.5) is 13.2 Å². The summed E-state index contributed by atoms with van der Waals surface area (Å²) in [6, 6.07) is 8.16. The van der Waals surface area contributed by atoms with Gasteiger partial charge in [0.15, 0.2) is 0 Å². The second-order valence-corrected chi connectivity index (χ2v) is 7.42. The number of benzene rings is 1. The third kappa shape index (κ3) is 8.19. The number of aliphatic carboxylic acids is 1. The van der Waals surface area contributed by atoms with Crippen LogP contribution in [0.1, 0.15) is 36.0 Å². The highest BCUT2D eigenvalue weighted by Gasteiger charge is 2.38. The molecule has 3 N–H and O–H groups in total. The SMILES string of the molecule is N#CC(Cc1ccc2c(c1)CCCC2)NC(=O)[C@@H]1CNCCCO1.O=C(O)C(F)(F)F. The second kappa shape index (κ2) is 11.7. The summed E-state index contributed by atoms with van der Waals surface area (Å²) < 4.78 is 37.3. The first-order valence-corrected chi connectivity index (χ1v) is 10.1. The molecule has 1 aromatic rings. The van der Waals surface area contributed by atoms with Crippen molar-refractivity contribution in [3.63, 3.8) is 0 Å². The maximum atomic E-state index is 12.3. The predicted molar refractivity (Wildman–Crippen MR) is 105 cm³/mol. The van der Waals surface area contributed by atoms with Crippen molar-refractivity contribution >= 4 is 11.9 Å². The molecule has 1 unspecified atom stereocenters. The molecule has 0 aromatic heterocycles. The van der Waals surface area contributed by atoms with E-state index < -0.39 is 24.3 Å². The quantitative estimate of drug-likeness (QED) is 0.660. The van der Waals surface area contributed by atoms with Crippen LogP contribution >= 0.6 is 0 Å². The molecule has 2 atom stereocenters. The summed E-state index contributed by atoms with van der Waals surface area (Å²) in [6.45, 7) is 1.94. The topological polar surface area (TPSA) is 111 Å². The molecule has 10 heteroatoms. The maximum absolute atomic E-state index is 12.3. The lowest BCUT2D eigenvalue weighted by molar-refractivity contribution is -0.192. The number of carbonyl (C=O) groups excluding carboxylic acids is 1. The lowest BCUT2D eigenvalue weighted by Crippen LogP contribution is -2.46. The van der Waals surface area contributed by atoms with Crippen LogP contribution in [0.3, 0.4) is 0 Å². The molecule has 1 heterocycles. The van der Waals surface area contributed by atoms with Gasteiger partial charge in [-0.3, -0.25) is 4.79 Å². The van der Waals surface area contributed by atoms with Gasteiger partial charge >= 0.3 is 12.1 Å². The number of nitrogens with one attached hydrogen (secondary N) is 2. The van der Waals surface area contributed by atoms with Gasteiger partial charge in [0, 0.05) is 19.6 Å². The first-order valence-electron chi connectivity index (χ1n) is 10.1. The van der Waals surface area contributed by atoms with E-state index in [0.717, 1.165) is 31.4 Å². The Kier molecular flexibility index (Phi) is 9.27. The number of carboxylic acids is 1. The zero-order chi connectivity index (χ0) is 22.9. The number of hydrogen-bond acceptors (Lipinski definition) is 5. The molecule has 31 heavy (non-hydrogen) atoms. The molecular weight excluding hydrogens is 415 g/mol. The predicted octanol–water partition coefficient (Wildman–Crippen LogP) is 2.13. The van der Waals surface area contributed by atoms with Crippen LogP contribution in [-0.4, -0.2) is 55.0 Å². The highest BCUT2D eigenvalue weighted by Crippen LogP contribution is 2.22. The molecule has 3 rings (SSSR count). The van der Waals surface area contributed by atoms with Crippen molar-refractivity contribution in [3.05, 3.63) is 34.9 Å². The van der Waals surface area contributed by atoms with E-state index in [1.165, 1.54) is 24.0 Å². The van der Waals surface area contributed by atoms with E-state index in [1.807, 2.05) is 0 Å². The number of carbonyl (C=O) groups is 2. The van der Waals surface area contributed by atoms with E-state index in [0.29, 0.717) is 19.6 Å². The highest BCUT2D eigenvalue weighted by atomic mass is 19.4. The van der Waals surface area contributed by atoms with Crippen molar-refractivity contribution in [1.29, 1.82) is 5.26 Å². The van der Waals surface area contributed by atoms with Gasteiger partial charge in [-0.1, -0.05) is 18.2 Å². The average molecular weight is 441 g/mol. The van der Waals surface area contributed by atoms with Gasteiger partial charge in [-0.25, -0.2) is 4.79 Å². The summed E-state index contributed by atoms with van der Waals surface area (Å²) in [5, 5.41) is 22.5. The standard InChI is InChI=1S/C19H25N3O2.C2HF3O2/c20-12-17(22-19(23)18-13-21-8-3-9-24-18)11-14-6-7-15-4-1-2-5-16(15)10-14;3-2(4,5)1(6)7/h6-7,10,17-18,21H,1-5,8-9,11,13H2,(H,22,23);(H,6,7)/t17?,18-;/m0./s1. The number of halogens is 3. The first-order chi connectivity index (χ1) is 14.7. The van der Waals surface area contributed by atoms with Crippen LogP contribution in [0, 0.1) is 11.3 Å². The molecule has 0 bridgehead atoms. The van der Waals surface area contributed by atoms with Crippen molar-refractivity contribution in [2.24, 2.45) is 0 Å². The molecule has 1 amide bonds. The van der Waals surface area contributed by atoms with Crippen molar-refractivity contribution in [1.82, 2.24) is 10.6 Å². The fourth-order valence-corrected chi connectivity index (χ4v) is 3.43. The number of amides is 1. The van der Waals surface area contributed by atoms with Crippen LogP contribution < -0.4 is 10.6 Å². The maximum Gasteiger partial charge on any atom is 0.490 e. The molecular formula is C21H26F3N3O4. The second-order valence-electron chi connectivity index (χ2n) is 7.42. The fourth-order valence-electron chi connectivity index (χ4n) is 3.43. The summed E-state index contributed by atoms with van der Waals surface area (Å²) in [6.07, 6.45) is 0.622. The minimum absolute atomic E-state index is 0.200. The van der Waals surface area contributed by atoms with Gasteiger partial charge in [0.1, 0.15) is 12.1 Å². The third-order valence-corrected chi connectivity index (χ3v) is 5.01. The fraction of sp³-hybridized carbons (Fsp3) is 0.571. The number of alkyl halides is 3. The van der Waals surface area contributed by atoms with Gasteiger partial charge in [0.05, 0.1) is 6.07 Å². The van der Waals surface area contributed by atoms with Gasteiger partial charge in [-0.15, -0.1) is 0 Å². The molecule has 7 nitrogen and oxygen atoms in total. The zero-order valence-corrected chi connectivity index (χ0v) is 17.0. The molecule has 0 saturated carbocycles. The van der Waals surface area contributed by atoms with Crippen molar-refractivity contribution in [2.75, 3.05) is 19.7 Å². The van der Waals surface area contributed by atoms with Gasteiger partial charge in [0.2, 0.25) is 0 Å². The summed E-state index contributed by atoms with van der Waals surface area (Å²) in [5.74, 6) is -2.96. The van der Waals surface area contributed by atoms with E-state index in [2.05, 4.69) is 34.9 Å². The van der Waals surface area contributed by atoms with E-state index in [9.17, 15) is 23.2 Å². The minimum atomic E-state index is -5.08. The zero-order valence-electron chi connectivity index (χ0n) is 17.0.